The highest BCUT2D eigenvalue weighted by Gasteiger charge is 2.24. The number of aromatic nitrogens is 1. The van der Waals surface area contributed by atoms with Crippen LogP contribution in [-0.4, -0.2) is 50.1 Å². The van der Waals surface area contributed by atoms with E-state index in [1.54, 1.807) is 35.5 Å². The number of methoxy groups -OCH3 is 1. The lowest BCUT2D eigenvalue weighted by molar-refractivity contribution is 0.0982. The fourth-order valence-corrected chi connectivity index (χ4v) is 3.81. The molecule has 0 fully saturated rings. The van der Waals surface area contributed by atoms with Crippen LogP contribution in [0, 0.1) is 6.92 Å². The van der Waals surface area contributed by atoms with Gasteiger partial charge in [0.1, 0.15) is 5.75 Å². The Morgan fingerprint density at radius 3 is 2.52 bits per heavy atom. The van der Waals surface area contributed by atoms with Gasteiger partial charge in [-0.1, -0.05) is 35.6 Å². The molecule has 144 valence electrons. The van der Waals surface area contributed by atoms with E-state index in [1.165, 1.54) is 0 Å². The number of benzene rings is 2. The Bertz CT molecular complexity index is 926. The van der Waals surface area contributed by atoms with Gasteiger partial charge in [-0.2, -0.15) is 0 Å². The van der Waals surface area contributed by atoms with Crippen LogP contribution in [0.1, 0.15) is 15.9 Å². The number of rotatable bonds is 6. The molecule has 0 spiro atoms. The van der Waals surface area contributed by atoms with E-state index >= 15 is 0 Å². The van der Waals surface area contributed by atoms with Gasteiger partial charge in [-0.05, 0) is 44.8 Å². The molecule has 0 atom stereocenters. The molecule has 0 saturated carbocycles. The number of fused-ring (bicyclic) bond motifs is 1. The number of nitrogens with zero attached hydrogens (tertiary/aromatic N) is 3. The second-order valence-electron chi connectivity index (χ2n) is 6.38. The van der Waals surface area contributed by atoms with Crippen molar-refractivity contribution in [3.8, 4) is 5.75 Å². The van der Waals surface area contributed by atoms with Crippen LogP contribution in [0.25, 0.3) is 10.2 Å². The Balaban J connectivity index is 0.00000261. The minimum Gasteiger partial charge on any atom is -0.496 e. The van der Waals surface area contributed by atoms with E-state index < -0.39 is 0 Å². The Kier molecular flexibility index (Phi) is 7.18. The average Bonchev–Trinajstić information content (AvgIpc) is 3.06. The summed E-state index contributed by atoms with van der Waals surface area (Å²) in [6, 6.07) is 13.4. The first-order valence-corrected chi connectivity index (χ1v) is 9.28. The molecule has 0 unspecified atom stereocenters. The molecule has 0 bridgehead atoms. The van der Waals surface area contributed by atoms with E-state index in [2.05, 4.69) is 4.90 Å². The van der Waals surface area contributed by atoms with Gasteiger partial charge in [0.05, 0.1) is 22.9 Å². The van der Waals surface area contributed by atoms with Gasteiger partial charge in [-0.25, -0.2) is 4.98 Å². The second kappa shape index (κ2) is 9.17. The number of ether oxygens (including phenoxy) is 1. The fraction of sp³-hybridized carbons (Fsp3) is 0.300. The maximum Gasteiger partial charge on any atom is 0.263 e. The van der Waals surface area contributed by atoms with Crippen LogP contribution in [-0.2, 0) is 0 Å². The Morgan fingerprint density at radius 2 is 1.85 bits per heavy atom. The summed E-state index contributed by atoms with van der Waals surface area (Å²) in [7, 11) is 5.57. The highest BCUT2D eigenvalue weighted by Crippen LogP contribution is 2.32. The highest BCUT2D eigenvalue weighted by atomic mass is 35.5. The minimum atomic E-state index is -0.0963. The Labute approximate surface area is 170 Å². The van der Waals surface area contributed by atoms with Gasteiger partial charge in [0, 0.05) is 13.1 Å². The SMILES string of the molecule is COc1ccccc1C(=O)N(CCN(C)C)c1nc2c(C)cccc2s1.Cl. The Hall–Kier alpha value is -2.15. The van der Waals surface area contributed by atoms with E-state index in [0.717, 1.165) is 22.3 Å². The number of amides is 1. The van der Waals surface area contributed by atoms with Crippen LogP contribution in [0.4, 0.5) is 5.13 Å². The van der Waals surface area contributed by atoms with Crippen LogP contribution < -0.4 is 9.64 Å². The van der Waals surface area contributed by atoms with E-state index in [0.29, 0.717) is 23.0 Å². The number of aryl methyl sites for hydroxylation is 1. The Morgan fingerprint density at radius 1 is 1.11 bits per heavy atom. The third kappa shape index (κ3) is 4.58. The monoisotopic (exact) mass is 405 g/mol. The van der Waals surface area contributed by atoms with Gasteiger partial charge in [-0.3, -0.25) is 9.69 Å². The molecule has 0 N–H and O–H groups in total. The number of halogens is 1. The number of carbonyl (C=O) groups excluding carboxylic acids is 1. The number of para-hydroxylation sites is 2. The average molecular weight is 406 g/mol. The summed E-state index contributed by atoms with van der Waals surface area (Å²) in [5.74, 6) is 0.477. The molecule has 3 aromatic rings. The van der Waals surface area contributed by atoms with Crippen molar-refractivity contribution in [2.45, 2.75) is 6.92 Å². The molecule has 1 amide bonds. The molecule has 0 radical (unpaired) electrons. The molecule has 0 aliphatic rings. The third-order valence-corrected chi connectivity index (χ3v) is 5.24. The third-order valence-electron chi connectivity index (χ3n) is 4.19. The molecule has 7 heteroatoms. The fourth-order valence-electron chi connectivity index (χ4n) is 2.74. The number of anilines is 1. The summed E-state index contributed by atoms with van der Waals surface area (Å²) < 4.78 is 6.47. The molecule has 0 aliphatic heterocycles. The highest BCUT2D eigenvalue weighted by molar-refractivity contribution is 7.22. The van der Waals surface area contributed by atoms with E-state index in [-0.39, 0.29) is 18.3 Å². The summed E-state index contributed by atoms with van der Waals surface area (Å²) in [4.78, 5) is 21.9. The van der Waals surface area contributed by atoms with Crippen LogP contribution in [0.2, 0.25) is 0 Å². The summed E-state index contributed by atoms with van der Waals surface area (Å²) in [6.07, 6.45) is 0. The number of likely N-dealkylation sites (N-methyl/N-ethyl adjacent to an activating group) is 1. The second-order valence-corrected chi connectivity index (χ2v) is 7.39. The minimum absolute atomic E-state index is 0. The van der Waals surface area contributed by atoms with Gasteiger partial charge < -0.3 is 9.64 Å². The van der Waals surface area contributed by atoms with Crippen LogP contribution >= 0.6 is 23.7 Å². The van der Waals surface area contributed by atoms with Crippen LogP contribution in [0.15, 0.2) is 42.5 Å². The van der Waals surface area contributed by atoms with Crippen LogP contribution in [0.3, 0.4) is 0 Å². The molecule has 0 saturated heterocycles. The van der Waals surface area contributed by atoms with Gasteiger partial charge in [0.15, 0.2) is 5.13 Å². The van der Waals surface area contributed by atoms with E-state index in [9.17, 15) is 4.79 Å². The van der Waals surface area contributed by atoms with Crippen molar-refractivity contribution in [1.29, 1.82) is 0 Å². The van der Waals surface area contributed by atoms with Crippen molar-refractivity contribution in [2.75, 3.05) is 39.2 Å². The van der Waals surface area contributed by atoms with Crippen LogP contribution in [0.5, 0.6) is 5.75 Å². The lowest BCUT2D eigenvalue weighted by Crippen LogP contribution is -2.36. The summed E-state index contributed by atoms with van der Waals surface area (Å²) in [5, 5.41) is 0.715. The number of hydrogen-bond donors (Lipinski definition) is 0. The van der Waals surface area contributed by atoms with Gasteiger partial charge in [0.2, 0.25) is 0 Å². The smallest absolute Gasteiger partial charge is 0.263 e. The van der Waals surface area contributed by atoms with Gasteiger partial charge in [0.25, 0.3) is 5.91 Å². The topological polar surface area (TPSA) is 45.7 Å². The standard InChI is InChI=1S/C20H23N3O2S.ClH/c1-14-8-7-11-17-18(14)21-20(26-17)23(13-12-22(2)3)19(24)15-9-5-6-10-16(15)25-4;/h5-11H,12-13H2,1-4H3;1H. The number of thiazole rings is 1. The van der Waals surface area contributed by atoms with Crippen molar-refractivity contribution >= 4 is 45.0 Å². The lowest BCUT2D eigenvalue weighted by atomic mass is 10.1. The van der Waals surface area contributed by atoms with Gasteiger partial charge >= 0.3 is 0 Å². The predicted molar refractivity (Wildman–Crippen MR) is 115 cm³/mol. The summed E-state index contributed by atoms with van der Waals surface area (Å²) >= 11 is 1.54. The normalized spacial score (nSPS) is 10.7. The molecule has 5 nitrogen and oxygen atoms in total. The lowest BCUT2D eigenvalue weighted by Gasteiger charge is -2.22. The molecule has 3 rings (SSSR count). The molecule has 2 aromatic carbocycles. The quantitative estimate of drug-likeness (QED) is 0.615. The maximum absolute atomic E-state index is 13.3. The van der Waals surface area contributed by atoms with Gasteiger partial charge in [-0.15, -0.1) is 12.4 Å². The molecular formula is C20H24ClN3O2S. The summed E-state index contributed by atoms with van der Waals surface area (Å²) in [5.41, 5.74) is 2.61. The molecule has 27 heavy (non-hydrogen) atoms. The predicted octanol–water partition coefficient (Wildman–Crippen LogP) is 4.24. The first-order valence-electron chi connectivity index (χ1n) is 8.47. The number of carbonyl (C=O) groups is 1. The largest absolute Gasteiger partial charge is 0.496 e. The first kappa shape index (κ1) is 21.2. The van der Waals surface area contributed by atoms with E-state index in [1.807, 2.05) is 51.4 Å². The zero-order valence-electron chi connectivity index (χ0n) is 15.9. The number of hydrogen-bond acceptors (Lipinski definition) is 5. The van der Waals surface area contributed by atoms with Crippen molar-refractivity contribution in [1.82, 2.24) is 9.88 Å². The maximum atomic E-state index is 13.3. The zero-order valence-corrected chi connectivity index (χ0v) is 17.6. The van der Waals surface area contributed by atoms with Crippen molar-refractivity contribution in [2.24, 2.45) is 0 Å². The molecular weight excluding hydrogens is 382 g/mol. The van der Waals surface area contributed by atoms with Crippen molar-refractivity contribution in [3.05, 3.63) is 53.6 Å². The first-order chi connectivity index (χ1) is 12.5. The van der Waals surface area contributed by atoms with Crippen molar-refractivity contribution < 1.29 is 9.53 Å². The summed E-state index contributed by atoms with van der Waals surface area (Å²) in [6.45, 7) is 3.34. The van der Waals surface area contributed by atoms with E-state index in [4.69, 9.17) is 9.72 Å². The molecule has 1 aromatic heterocycles. The molecule has 1 heterocycles. The van der Waals surface area contributed by atoms with Crippen molar-refractivity contribution in [3.63, 3.8) is 0 Å². The zero-order chi connectivity index (χ0) is 18.7. The molecule has 0 aliphatic carbocycles.